The highest BCUT2D eigenvalue weighted by Crippen LogP contribution is 2.34. The smallest absolute Gasteiger partial charge is 0.228 e. The Balaban J connectivity index is 0.000000932. The molecule has 5 heterocycles. The fraction of sp³-hybridized carbons (Fsp3) is 0.412. The van der Waals surface area contributed by atoms with Crippen molar-refractivity contribution in [3.63, 3.8) is 0 Å². The summed E-state index contributed by atoms with van der Waals surface area (Å²) in [5.74, 6) is 0.734. The van der Waals surface area contributed by atoms with Crippen LogP contribution >= 0.6 is 0 Å². The maximum atomic E-state index is 6.06. The second-order valence-corrected chi connectivity index (χ2v) is 6.23. The molecule has 11 heteroatoms. The van der Waals surface area contributed by atoms with E-state index >= 15 is 0 Å². The monoisotopic (exact) mass is 386 g/mol. The maximum Gasteiger partial charge on any atom is 0.228 e. The Morgan fingerprint density at radius 1 is 1.25 bits per heavy atom. The van der Waals surface area contributed by atoms with Crippen LogP contribution in [-0.4, -0.2) is 54.7 Å². The van der Waals surface area contributed by atoms with Crippen LogP contribution in [0.2, 0.25) is 0 Å². The number of rotatable bonds is 4. The van der Waals surface area contributed by atoms with Crippen LogP contribution in [0.1, 0.15) is 12.6 Å². The third-order valence-electron chi connectivity index (χ3n) is 4.57. The highest BCUT2D eigenvalue weighted by Gasteiger charge is 2.40. The van der Waals surface area contributed by atoms with Crippen molar-refractivity contribution in [3.8, 4) is 0 Å². The van der Waals surface area contributed by atoms with Gasteiger partial charge in [0.2, 0.25) is 5.95 Å². The summed E-state index contributed by atoms with van der Waals surface area (Å²) in [6.07, 6.45) is 7.35. The van der Waals surface area contributed by atoms with Gasteiger partial charge in [0.25, 0.3) is 0 Å². The lowest BCUT2D eigenvalue weighted by Crippen LogP contribution is -2.35. The van der Waals surface area contributed by atoms with Gasteiger partial charge in [0.15, 0.2) is 11.5 Å². The quantitative estimate of drug-likeness (QED) is 0.634. The number of fused-ring (bicyclic) bond motifs is 2. The predicted molar refractivity (Wildman–Crippen MR) is 101 cm³/mol. The molecule has 2 saturated heterocycles. The number of anilines is 2. The van der Waals surface area contributed by atoms with Gasteiger partial charge < -0.3 is 29.8 Å². The van der Waals surface area contributed by atoms with E-state index in [9.17, 15) is 0 Å². The van der Waals surface area contributed by atoms with Crippen molar-refractivity contribution in [2.24, 2.45) is 0 Å². The molecule has 28 heavy (non-hydrogen) atoms. The normalized spacial score (nSPS) is 23.8. The number of hydrogen-bond acceptors (Lipinski definition) is 9. The van der Waals surface area contributed by atoms with E-state index in [4.69, 9.17) is 19.9 Å². The van der Waals surface area contributed by atoms with E-state index in [1.54, 1.807) is 18.9 Å². The molecule has 0 radical (unpaired) electrons. The lowest BCUT2D eigenvalue weighted by Gasteiger charge is -2.23. The topological polar surface area (TPSA) is 127 Å². The Morgan fingerprint density at radius 3 is 2.93 bits per heavy atom. The molecule has 0 bridgehead atoms. The number of nitrogens with zero attached hydrogens (tertiary/aromatic N) is 6. The molecule has 0 aromatic carbocycles. The zero-order valence-corrected chi connectivity index (χ0v) is 15.3. The molecule has 0 saturated carbocycles. The molecule has 0 spiro atoms. The van der Waals surface area contributed by atoms with E-state index in [2.05, 4.69) is 38.4 Å². The van der Waals surface area contributed by atoms with Crippen molar-refractivity contribution < 1.29 is 14.2 Å². The first kappa shape index (κ1) is 18.3. The Labute approximate surface area is 161 Å². The summed E-state index contributed by atoms with van der Waals surface area (Å²) in [5, 5.41) is 3.13. The molecule has 2 aliphatic heterocycles. The highest BCUT2D eigenvalue weighted by molar-refractivity contribution is 5.82. The number of hydrogen-bond donors (Lipinski definition) is 2. The average molecular weight is 386 g/mol. The first-order valence-corrected chi connectivity index (χ1v) is 8.82. The second-order valence-electron chi connectivity index (χ2n) is 6.23. The van der Waals surface area contributed by atoms with Crippen molar-refractivity contribution in [2.45, 2.75) is 31.5 Å². The number of aromatic nitrogens is 6. The van der Waals surface area contributed by atoms with E-state index in [1.807, 2.05) is 15.3 Å². The molecule has 2 fully saturated rings. The zero-order valence-electron chi connectivity index (χ0n) is 15.3. The molecule has 0 aliphatic carbocycles. The van der Waals surface area contributed by atoms with E-state index < -0.39 is 0 Å². The van der Waals surface area contributed by atoms with Crippen LogP contribution in [0.15, 0.2) is 38.2 Å². The molecule has 3 aromatic heterocycles. The van der Waals surface area contributed by atoms with Crippen molar-refractivity contribution in [3.05, 3.63) is 38.2 Å². The number of ether oxygens (including phenoxy) is 3. The van der Waals surface area contributed by atoms with Crippen LogP contribution < -0.4 is 11.1 Å². The number of imidazole rings is 2. The number of nitrogens with one attached hydrogen (secondary N) is 1. The molecule has 148 valence electrons. The maximum absolute atomic E-state index is 6.06. The highest BCUT2D eigenvalue weighted by atomic mass is 16.7. The van der Waals surface area contributed by atoms with Crippen molar-refractivity contribution in [2.75, 3.05) is 24.5 Å². The van der Waals surface area contributed by atoms with Gasteiger partial charge in [-0.25, -0.2) is 9.97 Å². The van der Waals surface area contributed by atoms with Gasteiger partial charge in [0.05, 0.1) is 32.0 Å². The van der Waals surface area contributed by atoms with Crippen LogP contribution in [0, 0.1) is 0 Å². The Morgan fingerprint density at radius 2 is 2.14 bits per heavy atom. The van der Waals surface area contributed by atoms with E-state index in [-0.39, 0.29) is 18.4 Å². The van der Waals surface area contributed by atoms with Gasteiger partial charge in [-0.15, -0.1) is 13.2 Å². The number of nitrogen functional groups attached to an aromatic ring is 1. The van der Waals surface area contributed by atoms with Gasteiger partial charge in [-0.3, -0.25) is 4.57 Å². The lowest BCUT2D eigenvalue weighted by molar-refractivity contribution is -0.182. The second kappa shape index (κ2) is 7.92. The molecule has 3 N–H and O–H groups in total. The van der Waals surface area contributed by atoms with E-state index in [0.717, 1.165) is 0 Å². The molecule has 3 aromatic rings. The van der Waals surface area contributed by atoms with E-state index in [0.29, 0.717) is 49.4 Å². The van der Waals surface area contributed by atoms with Crippen LogP contribution in [-0.2, 0) is 20.9 Å². The molecular weight excluding hydrogens is 364 g/mol. The predicted octanol–water partition coefficient (Wildman–Crippen LogP) is 1.14. The zero-order chi connectivity index (χ0) is 19.5. The lowest BCUT2D eigenvalue weighted by atomic mass is 10.2. The van der Waals surface area contributed by atoms with Crippen LogP contribution in [0.5, 0.6) is 0 Å². The molecule has 11 nitrogen and oxygen atoms in total. The van der Waals surface area contributed by atoms with Gasteiger partial charge in [-0.2, -0.15) is 9.97 Å². The van der Waals surface area contributed by atoms with Crippen molar-refractivity contribution in [1.82, 2.24) is 29.1 Å². The van der Waals surface area contributed by atoms with Crippen molar-refractivity contribution >= 4 is 22.9 Å². The van der Waals surface area contributed by atoms with E-state index in [1.165, 1.54) is 0 Å². The summed E-state index contributed by atoms with van der Waals surface area (Å²) < 4.78 is 20.7. The molecule has 0 amide bonds. The van der Waals surface area contributed by atoms with Gasteiger partial charge in [0, 0.05) is 18.8 Å². The summed E-state index contributed by atoms with van der Waals surface area (Å²) in [5.41, 5.74) is 7.23. The molecular formula is C17H22N8O3. The largest absolute Gasteiger partial charge is 0.382 e. The third kappa shape index (κ3) is 3.42. The fourth-order valence-corrected chi connectivity index (χ4v) is 3.27. The Bertz CT molecular complexity index is 914. The van der Waals surface area contributed by atoms with Crippen LogP contribution in [0.3, 0.4) is 0 Å². The number of nitrogens with two attached hydrogens (primary N) is 1. The average Bonchev–Trinajstić information content (AvgIpc) is 3.46. The summed E-state index contributed by atoms with van der Waals surface area (Å²) in [6.45, 7) is 7.32. The van der Waals surface area contributed by atoms with Gasteiger partial charge in [-0.05, 0) is 0 Å². The third-order valence-corrected chi connectivity index (χ3v) is 4.57. The standard InChI is InChI=1S/C15H18N8O3.C2H4/c16-13-12-14(21-15(20-13)19-6-22-2-1-17-5-22)23(7-18-12)11-3-9-10(26-11)4-24-8-25-9;1-2/h1-2,5,7,9-11H,3-4,6,8H2,(H3,16,19,20,21);1-2H2. The first-order chi connectivity index (χ1) is 13.8. The molecule has 3 atom stereocenters. The minimum absolute atomic E-state index is 0.0178. The SMILES string of the molecule is C=C.Nc1nc(NCn2ccnc2)nc2c1ncn2C1CC2OCOCC2O1. The van der Waals surface area contributed by atoms with Crippen LogP contribution in [0.25, 0.3) is 11.2 Å². The summed E-state index contributed by atoms with van der Waals surface area (Å²) >= 11 is 0. The fourth-order valence-electron chi connectivity index (χ4n) is 3.27. The molecule has 2 aliphatic rings. The molecule has 3 unspecified atom stereocenters. The van der Waals surface area contributed by atoms with Crippen molar-refractivity contribution in [1.29, 1.82) is 0 Å². The minimum atomic E-state index is -0.229. The minimum Gasteiger partial charge on any atom is -0.382 e. The van der Waals surface area contributed by atoms with Gasteiger partial charge >= 0.3 is 0 Å². The Hall–Kier alpha value is -3.02. The first-order valence-electron chi connectivity index (χ1n) is 8.82. The molecule has 5 rings (SSSR count). The Kier molecular flexibility index (Phi) is 5.19. The summed E-state index contributed by atoms with van der Waals surface area (Å²) in [6, 6.07) is 0. The van der Waals surface area contributed by atoms with Gasteiger partial charge in [0.1, 0.15) is 24.6 Å². The summed E-state index contributed by atoms with van der Waals surface area (Å²) in [7, 11) is 0. The van der Waals surface area contributed by atoms with Crippen LogP contribution in [0.4, 0.5) is 11.8 Å². The van der Waals surface area contributed by atoms with Gasteiger partial charge in [-0.1, -0.05) is 0 Å². The summed E-state index contributed by atoms with van der Waals surface area (Å²) in [4.78, 5) is 17.2.